The molecule has 1 aromatic heterocycles. The summed E-state index contributed by atoms with van der Waals surface area (Å²) in [6.45, 7) is 0.198. The number of thiophene rings is 1. The molecule has 0 atom stereocenters. The number of nitro benzene ring substituents is 2. The van der Waals surface area contributed by atoms with Crippen molar-refractivity contribution in [3.8, 4) is 5.75 Å². The first kappa shape index (κ1) is 22.6. The number of amides is 1. The van der Waals surface area contributed by atoms with Crippen molar-refractivity contribution < 1.29 is 19.4 Å². The monoisotopic (exact) mass is 476 g/mol. The molecule has 4 aromatic rings. The molecule has 0 saturated carbocycles. The van der Waals surface area contributed by atoms with Crippen molar-refractivity contribution in [1.82, 2.24) is 5.43 Å². The van der Waals surface area contributed by atoms with Gasteiger partial charge in [-0.15, -0.1) is 11.3 Å². The van der Waals surface area contributed by atoms with Gasteiger partial charge in [0.15, 0.2) is 0 Å². The van der Waals surface area contributed by atoms with Crippen LogP contribution >= 0.6 is 11.3 Å². The highest BCUT2D eigenvalue weighted by atomic mass is 32.1. The van der Waals surface area contributed by atoms with Crippen molar-refractivity contribution in [2.75, 3.05) is 0 Å². The summed E-state index contributed by atoms with van der Waals surface area (Å²) in [5.74, 6) is 0.0809. The summed E-state index contributed by atoms with van der Waals surface area (Å²) in [6, 6.07) is 19.2. The second-order valence-corrected chi connectivity index (χ2v) is 8.12. The summed E-state index contributed by atoms with van der Waals surface area (Å²) in [5.41, 5.74) is 3.80. The number of ether oxygens (including phenoxy) is 1. The van der Waals surface area contributed by atoms with Crippen molar-refractivity contribution in [2.24, 2.45) is 5.10 Å². The van der Waals surface area contributed by atoms with Crippen LogP contribution in [-0.4, -0.2) is 22.0 Å². The second kappa shape index (κ2) is 9.88. The molecule has 170 valence electrons. The maximum absolute atomic E-state index is 12.5. The molecule has 0 aliphatic rings. The number of rotatable bonds is 8. The third kappa shape index (κ3) is 5.22. The van der Waals surface area contributed by atoms with Crippen molar-refractivity contribution in [2.45, 2.75) is 6.61 Å². The van der Waals surface area contributed by atoms with E-state index < -0.39 is 15.8 Å². The number of fused-ring (bicyclic) bond motifs is 1. The maximum atomic E-state index is 12.5. The smallest absolute Gasteiger partial charge is 0.281 e. The molecule has 0 fully saturated rings. The fourth-order valence-corrected chi connectivity index (χ4v) is 4.00. The summed E-state index contributed by atoms with van der Waals surface area (Å²) in [4.78, 5) is 33.6. The Kier molecular flexibility index (Phi) is 6.55. The van der Waals surface area contributed by atoms with Crippen LogP contribution < -0.4 is 10.2 Å². The van der Waals surface area contributed by atoms with Crippen LogP contribution in [0.15, 0.2) is 77.9 Å². The molecule has 0 bridgehead atoms. The summed E-state index contributed by atoms with van der Waals surface area (Å²) in [6.07, 6.45) is 1.45. The number of carbonyl (C=O) groups is 1. The lowest BCUT2D eigenvalue weighted by atomic mass is 10.2. The van der Waals surface area contributed by atoms with Gasteiger partial charge in [0.2, 0.25) is 0 Å². The Morgan fingerprint density at radius 1 is 0.971 bits per heavy atom. The van der Waals surface area contributed by atoms with Gasteiger partial charge < -0.3 is 4.74 Å². The number of hydrogen-bond donors (Lipinski definition) is 1. The quantitative estimate of drug-likeness (QED) is 0.214. The molecule has 10 nitrogen and oxygen atoms in total. The zero-order chi connectivity index (χ0) is 24.1. The molecule has 3 aromatic carbocycles. The number of nitrogens with one attached hydrogen (secondary N) is 1. The molecule has 0 aliphatic carbocycles. The minimum atomic E-state index is -0.484. The summed E-state index contributed by atoms with van der Waals surface area (Å²) in [7, 11) is 0. The zero-order valence-electron chi connectivity index (χ0n) is 17.4. The van der Waals surface area contributed by atoms with E-state index in [0.717, 1.165) is 10.3 Å². The van der Waals surface area contributed by atoms with Gasteiger partial charge >= 0.3 is 0 Å². The number of para-hydroxylation sites is 1. The largest absolute Gasteiger partial charge is 0.488 e. The van der Waals surface area contributed by atoms with Crippen LogP contribution in [0.4, 0.5) is 11.4 Å². The summed E-state index contributed by atoms with van der Waals surface area (Å²) >= 11 is 1.21. The van der Waals surface area contributed by atoms with Crippen LogP contribution in [0.3, 0.4) is 0 Å². The molecule has 1 N–H and O–H groups in total. The fourth-order valence-electron chi connectivity index (χ4n) is 3.07. The number of hydrogen-bond acceptors (Lipinski definition) is 8. The Labute approximate surface area is 196 Å². The number of carbonyl (C=O) groups excluding carboxylic acids is 1. The van der Waals surface area contributed by atoms with Gasteiger partial charge in [-0.25, -0.2) is 5.43 Å². The normalized spacial score (nSPS) is 10.9. The van der Waals surface area contributed by atoms with Crippen LogP contribution in [0.25, 0.3) is 10.1 Å². The van der Waals surface area contributed by atoms with Gasteiger partial charge in [-0.1, -0.05) is 12.1 Å². The summed E-state index contributed by atoms with van der Waals surface area (Å²) in [5, 5.41) is 26.3. The lowest BCUT2D eigenvalue weighted by Gasteiger charge is -2.09. The van der Waals surface area contributed by atoms with E-state index in [1.54, 1.807) is 48.5 Å². The SMILES string of the molecule is O=C(N/N=C\c1ccccc1OCc1ccc([N+](=O)[O-])cc1)c1cc2cc([N+](=O)[O-])ccc2s1. The predicted molar refractivity (Wildman–Crippen MR) is 127 cm³/mol. The van der Waals surface area contributed by atoms with E-state index in [0.29, 0.717) is 21.6 Å². The van der Waals surface area contributed by atoms with Crippen LogP contribution in [0.2, 0.25) is 0 Å². The molecule has 11 heteroatoms. The molecule has 1 heterocycles. The number of non-ortho nitro benzene ring substituents is 2. The van der Waals surface area contributed by atoms with E-state index in [2.05, 4.69) is 10.5 Å². The standard InChI is InChI=1S/C23H16N4O6S/c28-23(22-12-17-11-19(27(31)32)9-10-21(17)34-22)25-24-13-16-3-1-2-4-20(16)33-14-15-5-7-18(8-6-15)26(29)30/h1-13H,14H2,(H,25,28)/b24-13-. The Morgan fingerprint density at radius 2 is 1.68 bits per heavy atom. The molecule has 34 heavy (non-hydrogen) atoms. The Bertz CT molecular complexity index is 1410. The Balaban J connectivity index is 1.41. The molecule has 0 saturated heterocycles. The van der Waals surface area contributed by atoms with Gasteiger partial charge in [0.05, 0.1) is 20.9 Å². The number of nitrogens with zero attached hydrogens (tertiary/aromatic N) is 3. The highest BCUT2D eigenvalue weighted by Crippen LogP contribution is 2.29. The molecule has 0 radical (unpaired) electrons. The number of benzene rings is 3. The van der Waals surface area contributed by atoms with Gasteiger partial charge in [-0.2, -0.15) is 5.10 Å². The second-order valence-electron chi connectivity index (χ2n) is 7.04. The van der Waals surface area contributed by atoms with E-state index in [1.807, 2.05) is 0 Å². The average Bonchev–Trinajstić information content (AvgIpc) is 3.27. The topological polar surface area (TPSA) is 137 Å². The van der Waals surface area contributed by atoms with Gasteiger partial charge in [-0.05, 0) is 42.0 Å². The van der Waals surface area contributed by atoms with Gasteiger partial charge in [0, 0.05) is 39.9 Å². The van der Waals surface area contributed by atoms with E-state index in [4.69, 9.17) is 4.74 Å². The molecule has 1 amide bonds. The summed E-state index contributed by atoms with van der Waals surface area (Å²) < 4.78 is 6.56. The molecular weight excluding hydrogens is 460 g/mol. The highest BCUT2D eigenvalue weighted by molar-refractivity contribution is 7.20. The predicted octanol–water partition coefficient (Wildman–Crippen LogP) is 5.06. The molecular formula is C23H16N4O6S. The highest BCUT2D eigenvalue weighted by Gasteiger charge is 2.13. The molecule has 0 unspecified atom stereocenters. The molecule has 4 rings (SSSR count). The first-order chi connectivity index (χ1) is 16.4. The lowest BCUT2D eigenvalue weighted by Crippen LogP contribution is -2.16. The molecule has 0 aliphatic heterocycles. The lowest BCUT2D eigenvalue weighted by molar-refractivity contribution is -0.385. The van der Waals surface area contributed by atoms with Crippen molar-refractivity contribution >= 4 is 44.9 Å². The van der Waals surface area contributed by atoms with Crippen molar-refractivity contribution in [1.29, 1.82) is 0 Å². The van der Waals surface area contributed by atoms with E-state index in [1.165, 1.54) is 41.8 Å². The minimum absolute atomic E-state index is 0.00360. The van der Waals surface area contributed by atoms with Crippen molar-refractivity contribution in [3.05, 3.63) is 109 Å². The minimum Gasteiger partial charge on any atom is -0.488 e. The third-order valence-corrected chi connectivity index (χ3v) is 5.88. The van der Waals surface area contributed by atoms with E-state index >= 15 is 0 Å². The third-order valence-electron chi connectivity index (χ3n) is 4.76. The zero-order valence-corrected chi connectivity index (χ0v) is 18.2. The van der Waals surface area contributed by atoms with Crippen molar-refractivity contribution in [3.63, 3.8) is 0 Å². The maximum Gasteiger partial charge on any atom is 0.281 e. The van der Waals surface area contributed by atoms with Gasteiger partial charge in [0.1, 0.15) is 12.4 Å². The first-order valence-electron chi connectivity index (χ1n) is 9.87. The Morgan fingerprint density at radius 3 is 2.41 bits per heavy atom. The van der Waals surface area contributed by atoms with Crippen LogP contribution in [0.5, 0.6) is 5.75 Å². The number of hydrazone groups is 1. The molecule has 0 spiro atoms. The Hall–Kier alpha value is -4.64. The van der Waals surface area contributed by atoms with Crippen LogP contribution in [-0.2, 0) is 6.61 Å². The fraction of sp³-hybridized carbons (Fsp3) is 0.0435. The first-order valence-corrected chi connectivity index (χ1v) is 10.7. The van der Waals surface area contributed by atoms with Gasteiger partial charge in [-0.3, -0.25) is 25.0 Å². The van der Waals surface area contributed by atoms with Crippen LogP contribution in [0.1, 0.15) is 20.8 Å². The average molecular weight is 476 g/mol. The van der Waals surface area contributed by atoms with Gasteiger partial charge in [0.25, 0.3) is 17.3 Å². The van der Waals surface area contributed by atoms with E-state index in [-0.39, 0.29) is 18.0 Å². The van der Waals surface area contributed by atoms with E-state index in [9.17, 15) is 25.0 Å². The van der Waals surface area contributed by atoms with Crippen LogP contribution in [0, 0.1) is 20.2 Å². The number of nitro groups is 2.